The molecule has 30 heavy (non-hydrogen) atoms. The van der Waals surface area contributed by atoms with Crippen molar-refractivity contribution in [1.82, 2.24) is 20.3 Å². The molecule has 2 heterocycles. The summed E-state index contributed by atoms with van der Waals surface area (Å²) < 4.78 is 44.5. The Morgan fingerprint density at radius 1 is 1.30 bits per heavy atom. The lowest BCUT2D eigenvalue weighted by Gasteiger charge is -2.22. The van der Waals surface area contributed by atoms with Crippen molar-refractivity contribution in [3.63, 3.8) is 0 Å². The minimum absolute atomic E-state index is 0.0486. The number of fused-ring (bicyclic) bond motifs is 1. The standard InChI is InChI=1S/C20H19BrF3N5O/c1-10(27-19-14-7-17(21)25-8-16(14)28-11(2)29-19)13-5-4-6-15(18(13)22)20(23,24)9-26-12(3)30/h4-8,10H,9H2,1-3H3,(H,26,30)(H,27,28,29)/t10-/m1/s1. The van der Waals surface area contributed by atoms with Crippen LogP contribution < -0.4 is 10.6 Å². The van der Waals surface area contributed by atoms with Crippen molar-refractivity contribution >= 4 is 38.6 Å². The number of hydrogen-bond donors (Lipinski definition) is 2. The number of rotatable bonds is 6. The highest BCUT2D eigenvalue weighted by atomic mass is 79.9. The molecule has 0 aliphatic carbocycles. The maximum atomic E-state index is 15.0. The van der Waals surface area contributed by atoms with Crippen LogP contribution in [-0.4, -0.2) is 27.4 Å². The summed E-state index contributed by atoms with van der Waals surface area (Å²) in [5.74, 6) is -4.29. The van der Waals surface area contributed by atoms with Gasteiger partial charge in [0.25, 0.3) is 5.92 Å². The molecule has 6 nitrogen and oxygen atoms in total. The SMILES string of the molecule is CC(=O)NCC(F)(F)c1cccc([C@@H](C)Nc2nc(C)nc3cnc(Br)cc23)c1F. The van der Waals surface area contributed by atoms with E-state index in [2.05, 4.69) is 36.2 Å². The predicted octanol–water partition coefficient (Wildman–Crippen LogP) is 4.64. The van der Waals surface area contributed by atoms with E-state index in [0.717, 1.165) is 13.0 Å². The first kappa shape index (κ1) is 21.9. The molecule has 1 atom stereocenters. The third kappa shape index (κ3) is 4.69. The largest absolute Gasteiger partial charge is 0.363 e. The summed E-state index contributed by atoms with van der Waals surface area (Å²) in [5.41, 5.74) is -0.137. The van der Waals surface area contributed by atoms with Gasteiger partial charge in [0, 0.05) is 17.9 Å². The average Bonchev–Trinajstić information content (AvgIpc) is 2.67. The van der Waals surface area contributed by atoms with Crippen LogP contribution in [0.15, 0.2) is 35.1 Å². The highest BCUT2D eigenvalue weighted by molar-refractivity contribution is 9.10. The number of anilines is 1. The fraction of sp³-hybridized carbons (Fsp3) is 0.300. The zero-order valence-electron chi connectivity index (χ0n) is 16.4. The second-order valence-corrected chi connectivity index (χ2v) is 7.65. The van der Waals surface area contributed by atoms with Crippen LogP contribution >= 0.6 is 15.9 Å². The van der Waals surface area contributed by atoms with Crippen molar-refractivity contribution in [3.05, 3.63) is 57.8 Å². The molecule has 0 spiro atoms. The number of hydrogen-bond acceptors (Lipinski definition) is 5. The predicted molar refractivity (Wildman–Crippen MR) is 111 cm³/mol. The van der Waals surface area contributed by atoms with Crippen LogP contribution in [0.25, 0.3) is 10.9 Å². The van der Waals surface area contributed by atoms with Gasteiger partial charge >= 0.3 is 0 Å². The number of nitrogens with one attached hydrogen (secondary N) is 2. The molecule has 1 aromatic carbocycles. The van der Waals surface area contributed by atoms with Crippen LogP contribution in [0.2, 0.25) is 0 Å². The Hall–Kier alpha value is -2.75. The van der Waals surface area contributed by atoms with Crippen molar-refractivity contribution in [2.45, 2.75) is 32.7 Å². The zero-order valence-corrected chi connectivity index (χ0v) is 18.0. The Bertz CT molecular complexity index is 1110. The summed E-state index contributed by atoms with van der Waals surface area (Å²) in [6.45, 7) is 3.49. The number of carbonyl (C=O) groups is 1. The first-order chi connectivity index (χ1) is 14.1. The van der Waals surface area contributed by atoms with Crippen molar-refractivity contribution in [3.8, 4) is 0 Å². The molecule has 3 rings (SSSR count). The summed E-state index contributed by atoms with van der Waals surface area (Å²) in [6, 6.07) is 4.85. The third-order valence-corrected chi connectivity index (χ3v) is 4.90. The van der Waals surface area contributed by atoms with Crippen molar-refractivity contribution in [2.24, 2.45) is 0 Å². The minimum atomic E-state index is -3.56. The Balaban J connectivity index is 1.95. The first-order valence-electron chi connectivity index (χ1n) is 9.06. The van der Waals surface area contributed by atoms with Gasteiger partial charge in [-0.3, -0.25) is 4.79 Å². The highest BCUT2D eigenvalue weighted by Crippen LogP contribution is 2.34. The van der Waals surface area contributed by atoms with Crippen molar-refractivity contribution in [2.75, 3.05) is 11.9 Å². The highest BCUT2D eigenvalue weighted by Gasteiger charge is 2.36. The monoisotopic (exact) mass is 481 g/mol. The number of pyridine rings is 1. The topological polar surface area (TPSA) is 79.8 Å². The second kappa shape index (κ2) is 8.55. The lowest BCUT2D eigenvalue weighted by atomic mass is 10.00. The maximum Gasteiger partial charge on any atom is 0.292 e. The van der Waals surface area contributed by atoms with Gasteiger partial charge in [0.2, 0.25) is 5.91 Å². The molecular formula is C20H19BrF3N5O. The van der Waals surface area contributed by atoms with E-state index < -0.39 is 35.8 Å². The van der Waals surface area contributed by atoms with E-state index in [1.165, 1.54) is 12.1 Å². The summed E-state index contributed by atoms with van der Waals surface area (Å²) in [7, 11) is 0. The van der Waals surface area contributed by atoms with Crippen LogP contribution in [-0.2, 0) is 10.7 Å². The van der Waals surface area contributed by atoms with E-state index in [4.69, 9.17) is 0 Å². The van der Waals surface area contributed by atoms with Crippen LogP contribution in [0.1, 0.15) is 36.8 Å². The fourth-order valence-corrected chi connectivity index (χ4v) is 3.34. The molecule has 0 radical (unpaired) electrons. The summed E-state index contributed by atoms with van der Waals surface area (Å²) in [4.78, 5) is 23.8. The number of aryl methyl sites for hydroxylation is 1. The van der Waals surface area contributed by atoms with Crippen LogP contribution in [0.5, 0.6) is 0 Å². The van der Waals surface area contributed by atoms with E-state index in [0.29, 0.717) is 27.1 Å². The zero-order chi connectivity index (χ0) is 22.1. The molecule has 0 fully saturated rings. The third-order valence-electron chi connectivity index (χ3n) is 4.46. The van der Waals surface area contributed by atoms with Crippen molar-refractivity contribution < 1.29 is 18.0 Å². The summed E-state index contributed by atoms with van der Waals surface area (Å²) in [5, 5.41) is 5.77. The van der Waals surface area contributed by atoms with Gasteiger partial charge in [0.15, 0.2) is 0 Å². The van der Waals surface area contributed by atoms with Crippen LogP contribution in [0.4, 0.5) is 19.0 Å². The molecule has 1 amide bonds. The molecule has 3 aromatic rings. The van der Waals surface area contributed by atoms with Gasteiger partial charge in [-0.05, 0) is 41.9 Å². The van der Waals surface area contributed by atoms with Gasteiger partial charge in [-0.2, -0.15) is 8.78 Å². The molecule has 158 valence electrons. The number of alkyl halides is 2. The van der Waals surface area contributed by atoms with E-state index in [-0.39, 0.29) is 5.56 Å². The van der Waals surface area contributed by atoms with Crippen molar-refractivity contribution in [1.29, 1.82) is 0 Å². The van der Waals surface area contributed by atoms with Gasteiger partial charge < -0.3 is 10.6 Å². The quantitative estimate of drug-likeness (QED) is 0.501. The Labute approximate surface area is 179 Å². The molecule has 0 saturated carbocycles. The summed E-state index contributed by atoms with van der Waals surface area (Å²) >= 11 is 3.30. The lowest BCUT2D eigenvalue weighted by molar-refractivity contribution is -0.121. The van der Waals surface area contributed by atoms with Gasteiger partial charge in [0.05, 0.1) is 29.9 Å². The van der Waals surface area contributed by atoms with Crippen LogP contribution in [0, 0.1) is 12.7 Å². The number of nitrogens with zero attached hydrogens (tertiary/aromatic N) is 3. The normalized spacial score (nSPS) is 12.6. The van der Waals surface area contributed by atoms with Gasteiger partial charge in [-0.25, -0.2) is 19.3 Å². The number of benzene rings is 1. The lowest BCUT2D eigenvalue weighted by Crippen LogP contribution is -2.34. The summed E-state index contributed by atoms with van der Waals surface area (Å²) in [6.07, 6.45) is 1.58. The second-order valence-electron chi connectivity index (χ2n) is 6.83. The smallest absolute Gasteiger partial charge is 0.292 e. The minimum Gasteiger partial charge on any atom is -0.363 e. The van der Waals surface area contributed by atoms with Gasteiger partial charge in [-0.15, -0.1) is 0 Å². The van der Waals surface area contributed by atoms with E-state index in [9.17, 15) is 13.6 Å². The molecule has 10 heteroatoms. The van der Waals surface area contributed by atoms with Crippen LogP contribution in [0.3, 0.4) is 0 Å². The van der Waals surface area contributed by atoms with E-state index in [1.807, 2.05) is 5.32 Å². The van der Waals surface area contributed by atoms with Gasteiger partial charge in [-0.1, -0.05) is 12.1 Å². The number of amides is 1. The molecule has 2 aromatic heterocycles. The molecule has 2 N–H and O–H groups in total. The molecule has 0 aliphatic rings. The Kier molecular flexibility index (Phi) is 6.25. The molecule has 0 unspecified atom stereocenters. The first-order valence-corrected chi connectivity index (χ1v) is 9.85. The average molecular weight is 482 g/mol. The number of aromatic nitrogens is 3. The maximum absolute atomic E-state index is 15.0. The number of carbonyl (C=O) groups excluding carboxylic acids is 1. The molecule has 0 aliphatic heterocycles. The molecule has 0 bridgehead atoms. The Morgan fingerprint density at radius 3 is 2.73 bits per heavy atom. The van der Waals surface area contributed by atoms with E-state index >= 15 is 4.39 Å². The molecular weight excluding hydrogens is 463 g/mol. The fourth-order valence-electron chi connectivity index (χ4n) is 3.01. The Morgan fingerprint density at radius 2 is 2.03 bits per heavy atom. The van der Waals surface area contributed by atoms with Gasteiger partial charge in [0.1, 0.15) is 22.1 Å². The van der Waals surface area contributed by atoms with E-state index in [1.54, 1.807) is 26.1 Å². The number of halogens is 4. The molecule has 0 saturated heterocycles.